The highest BCUT2D eigenvalue weighted by Gasteiger charge is 2.30. The average molecular weight is 538 g/mol. The van der Waals surface area contributed by atoms with Gasteiger partial charge in [0, 0.05) is 13.0 Å². The van der Waals surface area contributed by atoms with Gasteiger partial charge >= 0.3 is 5.97 Å². The number of aliphatic carboxylic acids is 1. The molecule has 38 heavy (non-hydrogen) atoms. The molecule has 212 valence electrons. The van der Waals surface area contributed by atoms with E-state index in [-0.39, 0.29) is 43.4 Å². The second-order valence-electron chi connectivity index (χ2n) is 9.26. The third kappa shape index (κ3) is 11.9. The third-order valence-electron chi connectivity index (χ3n) is 5.45. The number of benzene rings is 1. The fourth-order valence-corrected chi connectivity index (χ4v) is 3.44. The molecule has 1 rings (SSSR count). The molecule has 0 saturated carbocycles. The summed E-state index contributed by atoms with van der Waals surface area (Å²) in [5, 5.41) is 35.9. The molecule has 0 aromatic heterocycles. The lowest BCUT2D eigenvalue weighted by molar-refractivity contribution is -0.142. The molecule has 0 aliphatic rings. The Hall–Kier alpha value is -3.91. The number of phenols is 1. The van der Waals surface area contributed by atoms with Crippen molar-refractivity contribution in [2.24, 2.45) is 28.1 Å². The van der Waals surface area contributed by atoms with Crippen molar-refractivity contribution in [1.29, 1.82) is 0 Å². The van der Waals surface area contributed by atoms with Crippen molar-refractivity contribution in [2.75, 3.05) is 13.2 Å². The highest BCUT2D eigenvalue weighted by molar-refractivity contribution is 5.94. The molecule has 0 radical (unpaired) electrons. The van der Waals surface area contributed by atoms with Crippen molar-refractivity contribution < 1.29 is 34.5 Å². The molecule has 0 bridgehead atoms. The number of nitrogens with zero attached hydrogens (tertiary/aromatic N) is 1. The highest BCUT2D eigenvalue weighted by Crippen LogP contribution is 2.12. The SMILES string of the molecule is CC(C)CC(NC(=O)C(N)CCCN=C(N)N)C(=O)NC(CO)C(=O)NC(Cc1ccc(O)cc1)C(=O)O. The number of aliphatic imine (C=N–C) groups is 1. The Morgan fingerprint density at radius 1 is 0.921 bits per heavy atom. The minimum absolute atomic E-state index is 0.00246. The van der Waals surface area contributed by atoms with E-state index >= 15 is 0 Å². The smallest absolute Gasteiger partial charge is 0.326 e. The number of nitrogens with two attached hydrogens (primary N) is 3. The molecule has 0 fully saturated rings. The number of rotatable bonds is 16. The zero-order valence-corrected chi connectivity index (χ0v) is 21.6. The number of aromatic hydroxyl groups is 1. The molecule has 0 aliphatic heterocycles. The number of aliphatic hydroxyl groups excluding tert-OH is 1. The van der Waals surface area contributed by atoms with Crippen LogP contribution >= 0.6 is 0 Å². The van der Waals surface area contributed by atoms with E-state index in [0.29, 0.717) is 12.0 Å². The Labute approximate surface area is 221 Å². The van der Waals surface area contributed by atoms with Gasteiger partial charge in [0.15, 0.2) is 5.96 Å². The van der Waals surface area contributed by atoms with Crippen LogP contribution in [0.4, 0.5) is 0 Å². The molecule has 12 N–H and O–H groups in total. The normalized spacial score (nSPS) is 14.0. The van der Waals surface area contributed by atoms with Gasteiger partial charge in [0.05, 0.1) is 12.6 Å². The second-order valence-corrected chi connectivity index (χ2v) is 9.26. The van der Waals surface area contributed by atoms with Gasteiger partial charge in [0.25, 0.3) is 0 Å². The van der Waals surface area contributed by atoms with E-state index in [0.717, 1.165) is 0 Å². The fraction of sp³-hybridized carbons (Fsp3) is 0.542. The minimum Gasteiger partial charge on any atom is -0.508 e. The van der Waals surface area contributed by atoms with E-state index in [1.54, 1.807) is 0 Å². The van der Waals surface area contributed by atoms with Gasteiger partial charge < -0.3 is 48.5 Å². The highest BCUT2D eigenvalue weighted by atomic mass is 16.4. The van der Waals surface area contributed by atoms with Crippen molar-refractivity contribution in [1.82, 2.24) is 16.0 Å². The van der Waals surface area contributed by atoms with Crippen LogP contribution in [0.15, 0.2) is 29.3 Å². The van der Waals surface area contributed by atoms with Crippen LogP contribution in [0.2, 0.25) is 0 Å². The van der Waals surface area contributed by atoms with Gasteiger partial charge in [-0.2, -0.15) is 0 Å². The molecule has 0 aliphatic carbocycles. The van der Waals surface area contributed by atoms with Crippen molar-refractivity contribution >= 4 is 29.7 Å². The van der Waals surface area contributed by atoms with E-state index in [2.05, 4.69) is 20.9 Å². The van der Waals surface area contributed by atoms with Crippen LogP contribution < -0.4 is 33.2 Å². The maximum atomic E-state index is 12.9. The van der Waals surface area contributed by atoms with Crippen LogP contribution in [0, 0.1) is 5.92 Å². The minimum atomic E-state index is -1.47. The van der Waals surface area contributed by atoms with Gasteiger partial charge in [0.1, 0.15) is 23.9 Å². The number of hydrogen-bond donors (Lipinski definition) is 9. The lowest BCUT2D eigenvalue weighted by Crippen LogP contribution is -2.58. The number of carboxylic acids is 1. The number of nitrogens with one attached hydrogen (secondary N) is 3. The Balaban J connectivity index is 2.82. The predicted molar refractivity (Wildman–Crippen MR) is 140 cm³/mol. The topological polar surface area (TPSA) is 255 Å². The zero-order valence-electron chi connectivity index (χ0n) is 21.6. The number of aliphatic hydroxyl groups is 1. The maximum absolute atomic E-state index is 12.9. The van der Waals surface area contributed by atoms with Crippen LogP contribution in [0.1, 0.15) is 38.7 Å². The van der Waals surface area contributed by atoms with Gasteiger partial charge in [-0.25, -0.2) is 4.79 Å². The first-order valence-corrected chi connectivity index (χ1v) is 12.2. The fourth-order valence-electron chi connectivity index (χ4n) is 3.44. The molecule has 14 nitrogen and oxygen atoms in total. The van der Waals surface area contributed by atoms with Crippen molar-refractivity contribution in [3.63, 3.8) is 0 Å². The Bertz CT molecular complexity index is 965. The van der Waals surface area contributed by atoms with Gasteiger partial charge in [0.2, 0.25) is 17.7 Å². The summed E-state index contributed by atoms with van der Waals surface area (Å²) in [4.78, 5) is 53.7. The second kappa shape index (κ2) is 16.0. The first-order chi connectivity index (χ1) is 17.8. The number of carbonyl (C=O) groups excluding carboxylic acids is 3. The van der Waals surface area contributed by atoms with Gasteiger partial charge in [-0.3, -0.25) is 19.4 Å². The van der Waals surface area contributed by atoms with E-state index in [1.807, 2.05) is 13.8 Å². The summed E-state index contributed by atoms with van der Waals surface area (Å²) in [6.07, 6.45) is 0.824. The molecule has 4 unspecified atom stereocenters. The van der Waals surface area contributed by atoms with Crippen LogP contribution in [0.5, 0.6) is 5.75 Å². The number of guanidine groups is 1. The van der Waals surface area contributed by atoms with Gasteiger partial charge in [-0.15, -0.1) is 0 Å². The number of hydrogen-bond acceptors (Lipinski definition) is 8. The summed E-state index contributed by atoms with van der Waals surface area (Å²) in [7, 11) is 0. The zero-order chi connectivity index (χ0) is 28.8. The molecule has 4 atom stereocenters. The van der Waals surface area contributed by atoms with Crippen LogP contribution in [-0.2, 0) is 25.6 Å². The van der Waals surface area contributed by atoms with Crippen LogP contribution in [0.25, 0.3) is 0 Å². The summed E-state index contributed by atoms with van der Waals surface area (Å²) in [6.45, 7) is 3.14. The molecular formula is C24H39N7O7. The molecule has 14 heteroatoms. The Morgan fingerprint density at radius 3 is 2.00 bits per heavy atom. The van der Waals surface area contributed by atoms with Crippen molar-refractivity contribution in [2.45, 2.75) is 63.7 Å². The number of carbonyl (C=O) groups is 4. The molecule has 1 aromatic carbocycles. The molecular weight excluding hydrogens is 498 g/mol. The summed E-state index contributed by atoms with van der Waals surface area (Å²) in [5.74, 6) is -3.66. The number of carboxylic acid groups (broad SMARTS) is 1. The summed E-state index contributed by atoms with van der Waals surface area (Å²) in [5.41, 5.74) is 17.0. The predicted octanol–water partition coefficient (Wildman–Crippen LogP) is -2.11. The molecule has 1 aromatic rings. The first kappa shape index (κ1) is 32.1. The number of amides is 3. The lowest BCUT2D eigenvalue weighted by atomic mass is 10.0. The molecule has 0 heterocycles. The monoisotopic (exact) mass is 537 g/mol. The van der Waals surface area contributed by atoms with Crippen molar-refractivity contribution in [3.05, 3.63) is 29.8 Å². The largest absolute Gasteiger partial charge is 0.508 e. The van der Waals surface area contributed by atoms with E-state index in [4.69, 9.17) is 17.2 Å². The lowest BCUT2D eigenvalue weighted by Gasteiger charge is -2.25. The van der Waals surface area contributed by atoms with E-state index in [1.165, 1.54) is 24.3 Å². The van der Waals surface area contributed by atoms with E-state index in [9.17, 15) is 34.5 Å². The summed E-state index contributed by atoms with van der Waals surface area (Å²) in [6, 6.07) is 0.962. The maximum Gasteiger partial charge on any atom is 0.326 e. The van der Waals surface area contributed by atoms with Crippen LogP contribution in [0.3, 0.4) is 0 Å². The van der Waals surface area contributed by atoms with E-state index < -0.39 is 54.5 Å². The van der Waals surface area contributed by atoms with Crippen molar-refractivity contribution in [3.8, 4) is 5.75 Å². The quantitative estimate of drug-likeness (QED) is 0.0630. The average Bonchev–Trinajstić information content (AvgIpc) is 2.84. The third-order valence-corrected chi connectivity index (χ3v) is 5.45. The Kier molecular flexibility index (Phi) is 13.6. The van der Waals surface area contributed by atoms with Crippen LogP contribution in [-0.4, -0.2) is 82.3 Å². The summed E-state index contributed by atoms with van der Waals surface area (Å²) >= 11 is 0. The molecule has 0 saturated heterocycles. The number of phenolic OH excluding ortho intramolecular Hbond substituents is 1. The molecule has 0 spiro atoms. The summed E-state index contributed by atoms with van der Waals surface area (Å²) < 4.78 is 0. The van der Waals surface area contributed by atoms with Gasteiger partial charge in [-0.05, 0) is 42.9 Å². The molecule has 3 amide bonds. The Morgan fingerprint density at radius 2 is 1.47 bits per heavy atom. The first-order valence-electron chi connectivity index (χ1n) is 12.2. The standard InChI is InChI=1S/C24H39N7O7/c1-13(2)10-17(29-20(34)16(25)4-3-9-28-24(26)27)21(35)31-19(12-32)22(36)30-18(23(37)38)11-14-5-7-15(33)8-6-14/h5-8,13,16-19,32-33H,3-4,9-12,25H2,1-2H3,(H,29,34)(H,30,36)(H,31,35)(H,37,38)(H4,26,27,28). The van der Waals surface area contributed by atoms with Gasteiger partial charge in [-0.1, -0.05) is 26.0 Å².